The molecular formula is C30H40N2O2. The Morgan fingerprint density at radius 3 is 2.32 bits per heavy atom. The molecule has 0 aromatic heterocycles. The predicted molar refractivity (Wildman–Crippen MR) is 138 cm³/mol. The van der Waals surface area contributed by atoms with Gasteiger partial charge in [-0.25, -0.2) is 4.79 Å². The van der Waals surface area contributed by atoms with Gasteiger partial charge >= 0.3 is 6.09 Å². The summed E-state index contributed by atoms with van der Waals surface area (Å²) in [6, 6.07) is 15.8. The van der Waals surface area contributed by atoms with E-state index in [0.29, 0.717) is 11.8 Å². The van der Waals surface area contributed by atoms with Gasteiger partial charge in [0.25, 0.3) is 0 Å². The number of piperidine rings is 3. The normalized spacial score (nSPS) is 27.0. The van der Waals surface area contributed by atoms with Crippen molar-refractivity contribution in [2.24, 2.45) is 11.3 Å². The lowest BCUT2D eigenvalue weighted by Gasteiger charge is -2.44. The van der Waals surface area contributed by atoms with E-state index in [1.54, 1.807) is 0 Å². The molecule has 3 fully saturated rings. The van der Waals surface area contributed by atoms with Crippen molar-refractivity contribution in [3.05, 3.63) is 59.2 Å². The largest absolute Gasteiger partial charge is 0.445 e. The molecule has 0 spiro atoms. The minimum absolute atomic E-state index is 0.00320. The number of fused-ring (bicyclic) bond motifs is 4. The van der Waals surface area contributed by atoms with E-state index in [1.807, 2.05) is 0 Å². The molecule has 3 aliphatic heterocycles. The summed E-state index contributed by atoms with van der Waals surface area (Å²) < 4.78 is 6.02. The molecular weight excluding hydrogens is 420 g/mol. The average molecular weight is 461 g/mol. The van der Waals surface area contributed by atoms with Gasteiger partial charge in [-0.2, -0.15) is 0 Å². The van der Waals surface area contributed by atoms with Crippen LogP contribution in [0.15, 0.2) is 42.5 Å². The van der Waals surface area contributed by atoms with Gasteiger partial charge in [-0.3, -0.25) is 4.90 Å². The maximum absolute atomic E-state index is 13.1. The second kappa shape index (κ2) is 9.37. The maximum atomic E-state index is 13.1. The summed E-state index contributed by atoms with van der Waals surface area (Å²) in [5.41, 5.74) is 6.54. The Hall–Kier alpha value is -2.33. The van der Waals surface area contributed by atoms with Crippen molar-refractivity contribution in [3.8, 4) is 11.1 Å². The third kappa shape index (κ3) is 4.26. The second-order valence-electron chi connectivity index (χ2n) is 11.1. The first-order chi connectivity index (χ1) is 16.4. The Morgan fingerprint density at radius 1 is 1.06 bits per heavy atom. The lowest BCUT2D eigenvalue weighted by Crippen LogP contribution is -2.53. The van der Waals surface area contributed by atoms with Gasteiger partial charge in [0, 0.05) is 6.54 Å². The molecule has 2 atom stereocenters. The van der Waals surface area contributed by atoms with Gasteiger partial charge in [0.15, 0.2) is 0 Å². The summed E-state index contributed by atoms with van der Waals surface area (Å²) in [5, 5.41) is 3.33. The number of amides is 1. The molecule has 1 unspecified atom stereocenters. The van der Waals surface area contributed by atoms with Crippen LogP contribution in [0.5, 0.6) is 0 Å². The highest BCUT2D eigenvalue weighted by Crippen LogP contribution is 2.51. The number of rotatable bonds is 6. The van der Waals surface area contributed by atoms with Crippen molar-refractivity contribution >= 4 is 6.09 Å². The summed E-state index contributed by atoms with van der Waals surface area (Å²) in [4.78, 5) is 15.5. The molecule has 4 aliphatic rings. The molecule has 6 rings (SSSR count). The van der Waals surface area contributed by atoms with Gasteiger partial charge in [-0.05, 0) is 90.3 Å². The van der Waals surface area contributed by atoms with Crippen molar-refractivity contribution in [1.82, 2.24) is 10.2 Å². The first-order valence-electron chi connectivity index (χ1n) is 13.3. The minimum atomic E-state index is -0.240. The molecule has 1 aliphatic carbocycles. The molecule has 34 heavy (non-hydrogen) atoms. The zero-order valence-electron chi connectivity index (χ0n) is 21.3. The van der Waals surface area contributed by atoms with Crippen molar-refractivity contribution in [2.75, 3.05) is 19.6 Å². The lowest BCUT2D eigenvalue weighted by atomic mass is 9.76. The Morgan fingerprint density at radius 2 is 1.74 bits per heavy atom. The fourth-order valence-corrected chi connectivity index (χ4v) is 6.56. The first kappa shape index (κ1) is 23.4. The van der Waals surface area contributed by atoms with Gasteiger partial charge in [-0.15, -0.1) is 0 Å². The van der Waals surface area contributed by atoms with Gasteiger partial charge in [-0.1, -0.05) is 70.2 Å². The molecule has 2 bridgehead atoms. The van der Waals surface area contributed by atoms with Crippen LogP contribution in [0.3, 0.4) is 0 Å². The molecule has 3 heterocycles. The summed E-state index contributed by atoms with van der Waals surface area (Å²) in [6.07, 6.45) is 5.16. The molecule has 4 heteroatoms. The molecule has 3 saturated heterocycles. The molecule has 0 saturated carbocycles. The van der Waals surface area contributed by atoms with Crippen molar-refractivity contribution in [2.45, 2.75) is 77.9 Å². The van der Waals surface area contributed by atoms with E-state index in [2.05, 4.69) is 80.4 Å². The van der Waals surface area contributed by atoms with Gasteiger partial charge in [0.1, 0.15) is 6.10 Å². The van der Waals surface area contributed by atoms with Crippen LogP contribution in [0.1, 0.15) is 82.0 Å². The second-order valence-corrected chi connectivity index (χ2v) is 11.1. The number of alkyl carbamates (subject to hydrolysis) is 1. The third-order valence-electron chi connectivity index (χ3n) is 9.04. The van der Waals surface area contributed by atoms with Crippen LogP contribution in [0.25, 0.3) is 11.1 Å². The van der Waals surface area contributed by atoms with E-state index in [1.165, 1.54) is 27.8 Å². The highest BCUT2D eigenvalue weighted by Gasteiger charge is 2.45. The van der Waals surface area contributed by atoms with Crippen LogP contribution in [0.4, 0.5) is 4.79 Å². The van der Waals surface area contributed by atoms with Crippen molar-refractivity contribution in [1.29, 1.82) is 0 Å². The number of nitrogens with zero attached hydrogens (tertiary/aromatic N) is 1. The molecule has 1 N–H and O–H groups in total. The fourth-order valence-electron chi connectivity index (χ4n) is 6.56. The van der Waals surface area contributed by atoms with Crippen molar-refractivity contribution < 1.29 is 9.53 Å². The monoisotopic (exact) mass is 460 g/mol. The predicted octanol–water partition coefficient (Wildman–Crippen LogP) is 6.70. The number of nitrogens with one attached hydrogen (secondary N) is 1. The Balaban J connectivity index is 1.36. The van der Waals surface area contributed by atoms with E-state index in [4.69, 9.17) is 4.74 Å². The summed E-state index contributed by atoms with van der Waals surface area (Å²) >= 11 is 0. The molecule has 4 nitrogen and oxygen atoms in total. The quantitative estimate of drug-likeness (QED) is 0.521. The zero-order valence-corrected chi connectivity index (χ0v) is 21.3. The molecule has 0 radical (unpaired) electrons. The molecule has 2 aromatic carbocycles. The van der Waals surface area contributed by atoms with Crippen LogP contribution < -0.4 is 5.32 Å². The smallest absolute Gasteiger partial charge is 0.407 e. The third-order valence-corrected chi connectivity index (χ3v) is 9.04. The SMILES string of the molecule is CCC1(CC)Cc2cc(-c3ccc(C(C)C)cc3)ccc2C1NC(=O)O[C@@H]1CN2CCC1CC2. The summed E-state index contributed by atoms with van der Waals surface area (Å²) in [7, 11) is 0. The molecule has 1 amide bonds. The van der Waals surface area contributed by atoms with E-state index < -0.39 is 0 Å². The van der Waals surface area contributed by atoms with Crippen molar-refractivity contribution in [3.63, 3.8) is 0 Å². The first-order valence-corrected chi connectivity index (χ1v) is 13.3. The van der Waals surface area contributed by atoms with Gasteiger partial charge in [0.05, 0.1) is 6.04 Å². The Bertz CT molecular complexity index is 1020. The van der Waals surface area contributed by atoms with E-state index in [-0.39, 0.29) is 23.7 Å². The van der Waals surface area contributed by atoms with E-state index in [9.17, 15) is 4.79 Å². The average Bonchev–Trinajstić information content (AvgIpc) is 3.17. The van der Waals surface area contributed by atoms with Crippen LogP contribution in [-0.4, -0.2) is 36.7 Å². The number of hydrogen-bond acceptors (Lipinski definition) is 3. The minimum Gasteiger partial charge on any atom is -0.445 e. The maximum Gasteiger partial charge on any atom is 0.407 e. The zero-order chi connectivity index (χ0) is 23.9. The topological polar surface area (TPSA) is 41.6 Å². The number of hydrogen-bond donors (Lipinski definition) is 1. The number of benzene rings is 2. The van der Waals surface area contributed by atoms with E-state index in [0.717, 1.165) is 51.7 Å². The summed E-state index contributed by atoms with van der Waals surface area (Å²) in [6.45, 7) is 12.2. The summed E-state index contributed by atoms with van der Waals surface area (Å²) in [5.74, 6) is 1.06. The highest BCUT2D eigenvalue weighted by atomic mass is 16.6. The molecule has 2 aromatic rings. The van der Waals surface area contributed by atoms with Gasteiger partial charge in [0.2, 0.25) is 0 Å². The molecule has 182 valence electrons. The Kier molecular flexibility index (Phi) is 6.45. The lowest BCUT2D eigenvalue weighted by molar-refractivity contribution is -0.0353. The van der Waals surface area contributed by atoms with Crippen LogP contribution in [0, 0.1) is 11.3 Å². The van der Waals surface area contributed by atoms with Crippen LogP contribution in [0.2, 0.25) is 0 Å². The van der Waals surface area contributed by atoms with Crippen LogP contribution in [-0.2, 0) is 11.2 Å². The van der Waals surface area contributed by atoms with Crippen LogP contribution >= 0.6 is 0 Å². The highest BCUT2D eigenvalue weighted by molar-refractivity contribution is 5.70. The fraction of sp³-hybridized carbons (Fsp3) is 0.567. The number of ether oxygens (including phenoxy) is 1. The van der Waals surface area contributed by atoms with E-state index >= 15 is 0 Å². The standard InChI is InChI=1S/C30H40N2O2/c1-5-30(6-2)18-25-17-24(22-9-7-21(8-10-22)20(3)4)11-12-26(25)28(30)31-29(33)34-27-19-32-15-13-23(27)14-16-32/h7-12,17,20,23,27-28H,5-6,13-16,18-19H2,1-4H3,(H,31,33)/t27-,28?/m1/s1. The number of carbonyl (C=O) groups excluding carboxylic acids is 1. The van der Waals surface area contributed by atoms with Gasteiger partial charge < -0.3 is 10.1 Å². The Labute approximate surface area is 205 Å². The number of carbonyl (C=O) groups is 1.